The number of ether oxygens (including phenoxy) is 2. The van der Waals surface area contributed by atoms with Crippen LogP contribution in [0.2, 0.25) is 0 Å². The molecule has 3 heterocycles. The molecule has 1 aromatic rings. The monoisotopic (exact) mass is 267 g/mol. The van der Waals surface area contributed by atoms with Crippen LogP contribution in [0, 0.1) is 0 Å². The van der Waals surface area contributed by atoms with E-state index in [1.165, 1.54) is 0 Å². The summed E-state index contributed by atoms with van der Waals surface area (Å²) in [6, 6.07) is 0. The summed E-state index contributed by atoms with van der Waals surface area (Å²) >= 11 is 0. The van der Waals surface area contributed by atoms with Gasteiger partial charge in [0, 0.05) is 25.6 Å². The lowest BCUT2D eigenvalue weighted by Gasteiger charge is -2.37. The standard InChI is InChI=1S/C13H21N3O3/c1-13(2,16-4-7-17-8-5-16)12-14-11(15-19-12)10-3-6-18-9-10/h10H,3-9H2,1-2H3. The van der Waals surface area contributed by atoms with E-state index in [-0.39, 0.29) is 11.5 Å². The second-order valence-electron chi connectivity index (χ2n) is 5.68. The molecule has 1 aromatic heterocycles. The molecule has 0 amide bonds. The van der Waals surface area contributed by atoms with Gasteiger partial charge in [-0.3, -0.25) is 4.90 Å². The van der Waals surface area contributed by atoms with Gasteiger partial charge >= 0.3 is 0 Å². The first-order chi connectivity index (χ1) is 9.18. The van der Waals surface area contributed by atoms with E-state index in [0.717, 1.165) is 45.2 Å². The molecule has 3 rings (SSSR count). The van der Waals surface area contributed by atoms with Crippen LogP contribution in [0.15, 0.2) is 4.52 Å². The van der Waals surface area contributed by atoms with E-state index in [2.05, 4.69) is 28.9 Å². The lowest BCUT2D eigenvalue weighted by molar-refractivity contribution is -0.0224. The largest absolute Gasteiger partial charge is 0.381 e. The number of hydrogen-bond donors (Lipinski definition) is 0. The van der Waals surface area contributed by atoms with Crippen LogP contribution in [0.1, 0.15) is 37.9 Å². The molecule has 19 heavy (non-hydrogen) atoms. The predicted molar refractivity (Wildman–Crippen MR) is 67.9 cm³/mol. The lowest BCUT2D eigenvalue weighted by Crippen LogP contribution is -2.48. The van der Waals surface area contributed by atoms with E-state index in [1.54, 1.807) is 0 Å². The first-order valence-corrected chi connectivity index (χ1v) is 6.92. The lowest BCUT2D eigenvalue weighted by atomic mass is 10.0. The van der Waals surface area contributed by atoms with Gasteiger partial charge in [0.2, 0.25) is 5.89 Å². The molecule has 0 N–H and O–H groups in total. The van der Waals surface area contributed by atoms with Crippen molar-refractivity contribution in [1.82, 2.24) is 15.0 Å². The van der Waals surface area contributed by atoms with Gasteiger partial charge < -0.3 is 14.0 Å². The Balaban J connectivity index is 1.76. The van der Waals surface area contributed by atoms with Crippen LogP contribution < -0.4 is 0 Å². The van der Waals surface area contributed by atoms with Crippen molar-refractivity contribution < 1.29 is 14.0 Å². The highest BCUT2D eigenvalue weighted by atomic mass is 16.5. The van der Waals surface area contributed by atoms with Crippen molar-refractivity contribution in [3.05, 3.63) is 11.7 Å². The minimum Gasteiger partial charge on any atom is -0.381 e. The molecule has 2 fully saturated rings. The summed E-state index contributed by atoms with van der Waals surface area (Å²) in [5.74, 6) is 1.77. The number of aromatic nitrogens is 2. The summed E-state index contributed by atoms with van der Waals surface area (Å²) in [5.41, 5.74) is -0.242. The zero-order chi connectivity index (χ0) is 13.3. The van der Waals surface area contributed by atoms with E-state index in [9.17, 15) is 0 Å². The van der Waals surface area contributed by atoms with Crippen molar-refractivity contribution in [2.75, 3.05) is 39.5 Å². The summed E-state index contributed by atoms with van der Waals surface area (Å²) in [4.78, 5) is 6.93. The van der Waals surface area contributed by atoms with Gasteiger partial charge in [0.1, 0.15) is 0 Å². The van der Waals surface area contributed by atoms with Crippen LogP contribution in [-0.4, -0.2) is 54.6 Å². The second-order valence-corrected chi connectivity index (χ2v) is 5.68. The van der Waals surface area contributed by atoms with Gasteiger partial charge in [-0.15, -0.1) is 0 Å². The molecule has 1 atom stereocenters. The number of nitrogens with zero attached hydrogens (tertiary/aromatic N) is 3. The third-order valence-electron chi connectivity index (χ3n) is 4.06. The molecule has 0 spiro atoms. The quantitative estimate of drug-likeness (QED) is 0.818. The van der Waals surface area contributed by atoms with E-state index in [1.807, 2.05) is 0 Å². The van der Waals surface area contributed by atoms with Crippen LogP contribution in [0.25, 0.3) is 0 Å². The minimum absolute atomic E-state index is 0.242. The third kappa shape index (κ3) is 2.52. The van der Waals surface area contributed by atoms with Gasteiger partial charge in [0.15, 0.2) is 5.82 Å². The Morgan fingerprint density at radius 1 is 1.16 bits per heavy atom. The maximum absolute atomic E-state index is 5.50. The van der Waals surface area contributed by atoms with Gasteiger partial charge in [-0.05, 0) is 20.3 Å². The summed E-state index contributed by atoms with van der Waals surface area (Å²) in [6.07, 6.45) is 0.983. The Hall–Kier alpha value is -0.980. The molecule has 2 aliphatic rings. The van der Waals surface area contributed by atoms with Crippen LogP contribution >= 0.6 is 0 Å². The first kappa shape index (κ1) is 13.0. The normalized spacial score (nSPS) is 25.9. The van der Waals surface area contributed by atoms with Crippen LogP contribution in [-0.2, 0) is 15.0 Å². The molecule has 1 unspecified atom stereocenters. The Morgan fingerprint density at radius 3 is 2.63 bits per heavy atom. The average molecular weight is 267 g/mol. The van der Waals surface area contributed by atoms with Crippen molar-refractivity contribution >= 4 is 0 Å². The molecule has 0 aromatic carbocycles. The van der Waals surface area contributed by atoms with Gasteiger partial charge in [-0.2, -0.15) is 4.98 Å². The molecule has 6 heteroatoms. The minimum atomic E-state index is -0.242. The third-order valence-corrected chi connectivity index (χ3v) is 4.06. The molecule has 0 bridgehead atoms. The van der Waals surface area contributed by atoms with Gasteiger partial charge in [-0.1, -0.05) is 5.16 Å². The zero-order valence-electron chi connectivity index (χ0n) is 11.6. The van der Waals surface area contributed by atoms with Crippen molar-refractivity contribution in [3.63, 3.8) is 0 Å². The fourth-order valence-corrected chi connectivity index (χ4v) is 2.64. The molecular formula is C13H21N3O3. The molecule has 0 saturated carbocycles. The van der Waals surface area contributed by atoms with Gasteiger partial charge in [0.05, 0.1) is 25.4 Å². The SMILES string of the molecule is CC(C)(c1nc(C2CCOC2)no1)N1CCOCC1. The number of rotatable bonds is 3. The summed E-state index contributed by atoms with van der Waals surface area (Å²) in [5, 5.41) is 4.14. The van der Waals surface area contributed by atoms with Gasteiger partial charge in [0.25, 0.3) is 0 Å². The highest BCUT2D eigenvalue weighted by Crippen LogP contribution is 2.29. The molecule has 2 saturated heterocycles. The molecule has 6 nitrogen and oxygen atoms in total. The van der Waals surface area contributed by atoms with Crippen molar-refractivity contribution in [1.29, 1.82) is 0 Å². The molecule has 106 valence electrons. The molecular weight excluding hydrogens is 246 g/mol. The maximum atomic E-state index is 5.50. The Bertz CT molecular complexity index is 421. The number of morpholine rings is 1. The average Bonchev–Trinajstić information content (AvgIpc) is 3.10. The maximum Gasteiger partial charge on any atom is 0.246 e. The molecule has 0 aliphatic carbocycles. The van der Waals surface area contributed by atoms with E-state index in [0.29, 0.717) is 12.5 Å². The Labute approximate surface area is 113 Å². The highest BCUT2D eigenvalue weighted by Gasteiger charge is 2.36. The Kier molecular flexibility index (Phi) is 3.56. The van der Waals surface area contributed by atoms with Crippen LogP contribution in [0.5, 0.6) is 0 Å². The first-order valence-electron chi connectivity index (χ1n) is 6.92. The van der Waals surface area contributed by atoms with Crippen LogP contribution in [0.4, 0.5) is 0 Å². The second kappa shape index (κ2) is 5.19. The van der Waals surface area contributed by atoms with Crippen LogP contribution in [0.3, 0.4) is 0 Å². The summed E-state index contributed by atoms with van der Waals surface area (Å²) in [6.45, 7) is 9.08. The van der Waals surface area contributed by atoms with Crippen molar-refractivity contribution in [2.45, 2.75) is 31.7 Å². The Morgan fingerprint density at radius 2 is 1.95 bits per heavy atom. The van der Waals surface area contributed by atoms with Crippen molar-refractivity contribution in [2.24, 2.45) is 0 Å². The highest BCUT2D eigenvalue weighted by molar-refractivity contribution is 5.04. The number of hydrogen-bond acceptors (Lipinski definition) is 6. The molecule has 0 radical (unpaired) electrons. The fraction of sp³-hybridized carbons (Fsp3) is 0.846. The molecule has 2 aliphatic heterocycles. The van der Waals surface area contributed by atoms with E-state index >= 15 is 0 Å². The predicted octanol–water partition coefficient (Wildman–Crippen LogP) is 1.14. The summed E-state index contributed by atoms with van der Waals surface area (Å²) in [7, 11) is 0. The van der Waals surface area contributed by atoms with E-state index in [4.69, 9.17) is 14.0 Å². The van der Waals surface area contributed by atoms with Crippen molar-refractivity contribution in [3.8, 4) is 0 Å². The smallest absolute Gasteiger partial charge is 0.246 e. The topological polar surface area (TPSA) is 60.6 Å². The summed E-state index contributed by atoms with van der Waals surface area (Å²) < 4.78 is 16.3. The van der Waals surface area contributed by atoms with E-state index < -0.39 is 0 Å². The zero-order valence-corrected chi connectivity index (χ0v) is 11.6. The van der Waals surface area contributed by atoms with Gasteiger partial charge in [-0.25, -0.2) is 0 Å². The fourth-order valence-electron chi connectivity index (χ4n) is 2.64.